The van der Waals surface area contributed by atoms with Gasteiger partial charge in [-0.25, -0.2) is 0 Å². The standard InChI is InChI=1S/C21H34N4O/c1-26-20-13-7-6-12-18(20)19(25-14-8-3-9-15-25)16-23-21(22)24-17-10-4-2-5-11-17/h6-7,12-13,17,19H,2-5,8-11,14-16H2,1H3,(H3,22,23,24). The van der Waals surface area contributed by atoms with Crippen LogP contribution in [0.3, 0.4) is 0 Å². The van der Waals surface area contributed by atoms with Crippen molar-refractivity contribution < 1.29 is 4.74 Å². The maximum atomic E-state index is 6.22. The molecule has 1 aromatic carbocycles. The number of likely N-dealkylation sites (tertiary alicyclic amines) is 1. The Labute approximate surface area is 158 Å². The first-order valence-electron chi connectivity index (χ1n) is 10.2. The van der Waals surface area contributed by atoms with Crippen molar-refractivity contribution in [3.63, 3.8) is 0 Å². The van der Waals surface area contributed by atoms with Gasteiger partial charge in [0.1, 0.15) is 5.75 Å². The summed E-state index contributed by atoms with van der Waals surface area (Å²) in [4.78, 5) is 7.27. The van der Waals surface area contributed by atoms with E-state index in [2.05, 4.69) is 22.3 Å². The summed E-state index contributed by atoms with van der Waals surface area (Å²) >= 11 is 0. The maximum Gasteiger partial charge on any atom is 0.188 e. The van der Waals surface area contributed by atoms with E-state index in [-0.39, 0.29) is 6.04 Å². The fourth-order valence-corrected chi connectivity index (χ4v) is 4.27. The van der Waals surface area contributed by atoms with Crippen LogP contribution in [0.15, 0.2) is 29.3 Å². The molecule has 1 saturated carbocycles. The minimum atomic E-state index is 0.221. The molecule has 3 rings (SSSR count). The molecule has 0 aromatic heterocycles. The number of ether oxygens (including phenoxy) is 1. The zero-order valence-electron chi connectivity index (χ0n) is 16.1. The van der Waals surface area contributed by atoms with Gasteiger partial charge in [-0.1, -0.05) is 43.9 Å². The molecule has 1 aliphatic heterocycles. The Morgan fingerprint density at radius 3 is 2.58 bits per heavy atom. The summed E-state index contributed by atoms with van der Waals surface area (Å²) in [6, 6.07) is 9.03. The third kappa shape index (κ3) is 5.13. The van der Waals surface area contributed by atoms with Crippen molar-refractivity contribution in [2.75, 3.05) is 26.7 Å². The van der Waals surface area contributed by atoms with Crippen molar-refractivity contribution in [1.29, 1.82) is 0 Å². The highest BCUT2D eigenvalue weighted by atomic mass is 16.5. The Balaban J connectivity index is 1.71. The van der Waals surface area contributed by atoms with Gasteiger partial charge in [-0.2, -0.15) is 0 Å². The largest absolute Gasteiger partial charge is 0.496 e. The van der Waals surface area contributed by atoms with Crippen molar-refractivity contribution >= 4 is 5.96 Å². The summed E-state index contributed by atoms with van der Waals surface area (Å²) in [5, 5.41) is 3.44. The summed E-state index contributed by atoms with van der Waals surface area (Å²) in [6.45, 7) is 2.91. The number of guanidine groups is 1. The van der Waals surface area contributed by atoms with E-state index in [4.69, 9.17) is 15.5 Å². The predicted molar refractivity (Wildman–Crippen MR) is 108 cm³/mol. The third-order valence-electron chi connectivity index (χ3n) is 5.72. The molecule has 1 unspecified atom stereocenters. The van der Waals surface area contributed by atoms with Crippen LogP contribution in [0.2, 0.25) is 0 Å². The van der Waals surface area contributed by atoms with Crippen LogP contribution >= 0.6 is 0 Å². The smallest absolute Gasteiger partial charge is 0.188 e. The van der Waals surface area contributed by atoms with Crippen LogP contribution in [0, 0.1) is 0 Å². The number of hydrogen-bond donors (Lipinski definition) is 2. The van der Waals surface area contributed by atoms with Crippen LogP contribution in [-0.4, -0.2) is 43.6 Å². The molecule has 26 heavy (non-hydrogen) atoms. The van der Waals surface area contributed by atoms with Crippen LogP contribution in [0.1, 0.15) is 63.0 Å². The van der Waals surface area contributed by atoms with E-state index in [1.54, 1.807) is 7.11 Å². The van der Waals surface area contributed by atoms with Crippen molar-refractivity contribution in [2.45, 2.75) is 63.5 Å². The van der Waals surface area contributed by atoms with Crippen LogP contribution in [0.4, 0.5) is 0 Å². The Bertz CT molecular complexity index is 577. The summed E-state index contributed by atoms with van der Waals surface area (Å²) < 4.78 is 5.62. The number of methoxy groups -OCH3 is 1. The summed E-state index contributed by atoms with van der Waals surface area (Å²) in [5.41, 5.74) is 7.43. The molecule has 3 N–H and O–H groups in total. The molecule has 1 atom stereocenters. The SMILES string of the molecule is COc1ccccc1C(CN=C(N)NC1CCCCC1)N1CCCCC1. The monoisotopic (exact) mass is 358 g/mol. The zero-order valence-corrected chi connectivity index (χ0v) is 16.1. The molecule has 5 nitrogen and oxygen atoms in total. The van der Waals surface area contributed by atoms with Gasteiger partial charge in [0.05, 0.1) is 19.7 Å². The molecule has 0 radical (unpaired) electrons. The average Bonchev–Trinajstić information content (AvgIpc) is 2.70. The molecule has 1 heterocycles. The van der Waals surface area contributed by atoms with E-state index < -0.39 is 0 Å². The van der Waals surface area contributed by atoms with E-state index in [0.717, 1.165) is 18.8 Å². The third-order valence-corrected chi connectivity index (χ3v) is 5.72. The van der Waals surface area contributed by atoms with Crippen LogP contribution in [0.25, 0.3) is 0 Å². The average molecular weight is 359 g/mol. The fraction of sp³-hybridized carbons (Fsp3) is 0.667. The van der Waals surface area contributed by atoms with Crippen LogP contribution in [-0.2, 0) is 0 Å². The van der Waals surface area contributed by atoms with Crippen molar-refractivity contribution in [2.24, 2.45) is 10.7 Å². The van der Waals surface area contributed by atoms with Gasteiger partial charge in [0.25, 0.3) is 0 Å². The number of rotatable bonds is 6. The quantitative estimate of drug-likeness (QED) is 0.604. The normalized spacial score (nSPS) is 21.3. The lowest BCUT2D eigenvalue weighted by atomic mass is 9.96. The van der Waals surface area contributed by atoms with Gasteiger partial charge in [-0.3, -0.25) is 9.89 Å². The molecule has 2 aliphatic rings. The topological polar surface area (TPSA) is 62.9 Å². The lowest BCUT2D eigenvalue weighted by Gasteiger charge is -2.34. The maximum absolute atomic E-state index is 6.22. The zero-order chi connectivity index (χ0) is 18.2. The van der Waals surface area contributed by atoms with Crippen molar-refractivity contribution in [3.05, 3.63) is 29.8 Å². The minimum absolute atomic E-state index is 0.221. The highest BCUT2D eigenvalue weighted by Gasteiger charge is 2.25. The first-order chi connectivity index (χ1) is 12.8. The molecule has 2 fully saturated rings. The second-order valence-electron chi connectivity index (χ2n) is 7.56. The minimum Gasteiger partial charge on any atom is -0.496 e. The van der Waals surface area contributed by atoms with Gasteiger partial charge in [-0.15, -0.1) is 0 Å². The van der Waals surface area contributed by atoms with Gasteiger partial charge in [0, 0.05) is 11.6 Å². The second-order valence-corrected chi connectivity index (χ2v) is 7.56. The molecule has 0 amide bonds. The Morgan fingerprint density at radius 1 is 1.15 bits per heavy atom. The predicted octanol–water partition coefficient (Wildman–Crippen LogP) is 3.46. The highest BCUT2D eigenvalue weighted by Crippen LogP contribution is 2.31. The van der Waals surface area contributed by atoms with Crippen LogP contribution in [0.5, 0.6) is 5.75 Å². The molecule has 0 spiro atoms. The molecule has 0 bridgehead atoms. The molecule has 1 aliphatic carbocycles. The van der Waals surface area contributed by atoms with E-state index in [0.29, 0.717) is 18.5 Å². The van der Waals surface area contributed by atoms with Crippen LogP contribution < -0.4 is 15.8 Å². The number of hydrogen-bond acceptors (Lipinski definition) is 3. The number of nitrogens with zero attached hydrogens (tertiary/aromatic N) is 2. The Hall–Kier alpha value is -1.75. The molecule has 1 aromatic rings. The molecule has 5 heteroatoms. The molecule has 1 saturated heterocycles. The summed E-state index contributed by atoms with van der Waals surface area (Å²) in [7, 11) is 1.74. The van der Waals surface area contributed by atoms with E-state index in [1.165, 1.54) is 56.9 Å². The lowest BCUT2D eigenvalue weighted by molar-refractivity contribution is 0.165. The van der Waals surface area contributed by atoms with Gasteiger partial charge in [0.2, 0.25) is 0 Å². The lowest BCUT2D eigenvalue weighted by Crippen LogP contribution is -2.42. The van der Waals surface area contributed by atoms with Crippen molar-refractivity contribution in [3.8, 4) is 5.75 Å². The number of para-hydroxylation sites is 1. The Kier molecular flexibility index (Phi) is 7.18. The number of benzene rings is 1. The van der Waals surface area contributed by atoms with Gasteiger partial charge in [-0.05, 0) is 44.8 Å². The van der Waals surface area contributed by atoms with E-state index in [9.17, 15) is 0 Å². The molecular formula is C21H34N4O. The number of nitrogens with one attached hydrogen (secondary N) is 1. The molecular weight excluding hydrogens is 324 g/mol. The van der Waals surface area contributed by atoms with Gasteiger partial charge < -0.3 is 15.8 Å². The number of nitrogens with two attached hydrogens (primary N) is 1. The Morgan fingerprint density at radius 2 is 1.85 bits per heavy atom. The number of aliphatic imine (C=N–C) groups is 1. The van der Waals surface area contributed by atoms with E-state index >= 15 is 0 Å². The first kappa shape index (κ1) is 19.0. The molecule has 144 valence electrons. The highest BCUT2D eigenvalue weighted by molar-refractivity contribution is 5.78. The first-order valence-corrected chi connectivity index (χ1v) is 10.2. The number of piperidine rings is 1. The second kappa shape index (κ2) is 9.81. The van der Waals surface area contributed by atoms with Crippen molar-refractivity contribution in [1.82, 2.24) is 10.2 Å². The van der Waals surface area contributed by atoms with Gasteiger partial charge >= 0.3 is 0 Å². The summed E-state index contributed by atoms with van der Waals surface area (Å²) in [5.74, 6) is 1.53. The fourth-order valence-electron chi connectivity index (χ4n) is 4.27. The van der Waals surface area contributed by atoms with Gasteiger partial charge in [0.15, 0.2) is 5.96 Å². The van der Waals surface area contributed by atoms with E-state index in [1.807, 2.05) is 12.1 Å². The summed E-state index contributed by atoms with van der Waals surface area (Å²) in [6.07, 6.45) is 10.2.